The van der Waals surface area contributed by atoms with E-state index in [1.807, 2.05) is 26.8 Å². The number of ether oxygens (including phenoxy) is 1. The van der Waals surface area contributed by atoms with Gasteiger partial charge in [0.1, 0.15) is 6.33 Å². The third-order valence-corrected chi connectivity index (χ3v) is 2.47. The Morgan fingerprint density at radius 1 is 1.31 bits per heavy atom. The van der Waals surface area contributed by atoms with Crippen LogP contribution in [-0.4, -0.2) is 22.1 Å². The molecule has 1 heterocycles. The van der Waals surface area contributed by atoms with Gasteiger partial charge in [-0.15, -0.1) is 0 Å². The Morgan fingerprint density at radius 3 is 2.50 bits per heavy atom. The monoisotopic (exact) mass is 223 g/mol. The molecular formula is C12H21N3O. The molecule has 16 heavy (non-hydrogen) atoms. The van der Waals surface area contributed by atoms with Crippen molar-refractivity contribution < 1.29 is 4.74 Å². The van der Waals surface area contributed by atoms with Crippen LogP contribution in [0.1, 0.15) is 45.7 Å². The smallest absolute Gasteiger partial charge is 0.216 e. The zero-order valence-corrected chi connectivity index (χ0v) is 10.5. The van der Waals surface area contributed by atoms with Crippen LogP contribution in [0.2, 0.25) is 0 Å². The average Bonchev–Trinajstić information content (AvgIpc) is 2.17. The van der Waals surface area contributed by atoms with Crippen LogP contribution in [0, 0.1) is 0 Å². The molecule has 1 rings (SSSR count). The van der Waals surface area contributed by atoms with Gasteiger partial charge in [-0.25, -0.2) is 9.97 Å². The van der Waals surface area contributed by atoms with E-state index in [4.69, 9.17) is 10.5 Å². The van der Waals surface area contributed by atoms with Crippen LogP contribution in [-0.2, 0) is 0 Å². The van der Waals surface area contributed by atoms with Crippen LogP contribution >= 0.6 is 0 Å². The van der Waals surface area contributed by atoms with Crippen LogP contribution in [0.5, 0.6) is 5.88 Å². The van der Waals surface area contributed by atoms with Crippen molar-refractivity contribution in [2.75, 3.05) is 0 Å². The van der Waals surface area contributed by atoms with Gasteiger partial charge in [0.15, 0.2) is 0 Å². The fraction of sp³-hybridized carbons (Fsp3) is 0.667. The van der Waals surface area contributed by atoms with Gasteiger partial charge in [0.05, 0.1) is 11.8 Å². The van der Waals surface area contributed by atoms with Gasteiger partial charge in [0.25, 0.3) is 0 Å². The summed E-state index contributed by atoms with van der Waals surface area (Å²) in [5, 5.41) is 0. The van der Waals surface area contributed by atoms with Gasteiger partial charge in [-0.1, -0.05) is 6.92 Å². The average molecular weight is 223 g/mol. The Bertz CT molecular complexity index is 326. The summed E-state index contributed by atoms with van der Waals surface area (Å²) < 4.78 is 5.54. The number of aromatic nitrogens is 2. The van der Waals surface area contributed by atoms with Gasteiger partial charge in [0.2, 0.25) is 5.88 Å². The van der Waals surface area contributed by atoms with E-state index in [0.29, 0.717) is 5.88 Å². The van der Waals surface area contributed by atoms with Crippen molar-refractivity contribution in [3.05, 3.63) is 18.1 Å². The minimum Gasteiger partial charge on any atom is -0.475 e. The molecule has 0 aromatic carbocycles. The van der Waals surface area contributed by atoms with Gasteiger partial charge in [-0.3, -0.25) is 0 Å². The summed E-state index contributed by atoms with van der Waals surface area (Å²) in [5.74, 6) is 0.886. The van der Waals surface area contributed by atoms with Crippen LogP contribution in [0.3, 0.4) is 0 Å². The lowest BCUT2D eigenvalue weighted by Gasteiger charge is -2.18. The molecule has 0 radical (unpaired) electrons. The van der Waals surface area contributed by atoms with Crippen molar-refractivity contribution >= 4 is 0 Å². The first-order valence-corrected chi connectivity index (χ1v) is 5.78. The van der Waals surface area contributed by atoms with Crippen LogP contribution in [0.25, 0.3) is 0 Å². The molecule has 0 saturated heterocycles. The number of hydrogen-bond donors (Lipinski definition) is 1. The topological polar surface area (TPSA) is 61.0 Å². The van der Waals surface area contributed by atoms with Gasteiger partial charge in [0, 0.05) is 18.0 Å². The van der Waals surface area contributed by atoms with Crippen LogP contribution in [0.4, 0.5) is 0 Å². The van der Waals surface area contributed by atoms with E-state index in [1.165, 1.54) is 6.33 Å². The summed E-state index contributed by atoms with van der Waals surface area (Å²) in [6.07, 6.45) is 2.63. The Morgan fingerprint density at radius 2 is 2.00 bits per heavy atom. The second-order valence-corrected chi connectivity index (χ2v) is 4.32. The van der Waals surface area contributed by atoms with E-state index in [-0.39, 0.29) is 18.1 Å². The molecule has 90 valence electrons. The summed E-state index contributed by atoms with van der Waals surface area (Å²) >= 11 is 0. The number of nitrogens with two attached hydrogens (primary N) is 1. The maximum atomic E-state index is 5.93. The largest absolute Gasteiger partial charge is 0.475 e. The first-order chi connectivity index (χ1) is 7.54. The predicted molar refractivity (Wildman–Crippen MR) is 64.5 cm³/mol. The van der Waals surface area contributed by atoms with Gasteiger partial charge in [-0.05, 0) is 27.2 Å². The first-order valence-electron chi connectivity index (χ1n) is 5.78. The Labute approximate surface area is 97.2 Å². The second-order valence-electron chi connectivity index (χ2n) is 4.32. The van der Waals surface area contributed by atoms with E-state index in [9.17, 15) is 0 Å². The normalized spacial score (nSPS) is 14.9. The lowest BCUT2D eigenvalue weighted by atomic mass is 9.95. The van der Waals surface area contributed by atoms with Crippen LogP contribution < -0.4 is 10.5 Å². The summed E-state index contributed by atoms with van der Waals surface area (Å²) in [7, 11) is 0. The Balaban J connectivity index is 2.88. The summed E-state index contributed by atoms with van der Waals surface area (Å²) in [6, 6.07) is 1.98. The lowest BCUT2D eigenvalue weighted by Crippen LogP contribution is -2.25. The molecule has 0 aliphatic rings. The highest BCUT2D eigenvalue weighted by Crippen LogP contribution is 2.22. The fourth-order valence-electron chi connectivity index (χ4n) is 1.71. The van der Waals surface area contributed by atoms with Crippen molar-refractivity contribution in [3.63, 3.8) is 0 Å². The molecule has 0 aliphatic heterocycles. The van der Waals surface area contributed by atoms with E-state index < -0.39 is 0 Å². The molecule has 1 aromatic rings. The number of rotatable bonds is 5. The predicted octanol–water partition coefficient (Wildman–Crippen LogP) is 2.10. The SMILES string of the molecule is CCC(c1cc(OC(C)C)ncn1)C(C)N. The highest BCUT2D eigenvalue weighted by molar-refractivity contribution is 5.18. The molecule has 0 spiro atoms. The Hall–Kier alpha value is -1.16. The van der Waals surface area contributed by atoms with Gasteiger partial charge in [-0.2, -0.15) is 0 Å². The van der Waals surface area contributed by atoms with Crippen LogP contribution in [0.15, 0.2) is 12.4 Å². The molecule has 2 unspecified atom stereocenters. The molecule has 1 aromatic heterocycles. The van der Waals surface area contributed by atoms with Gasteiger partial charge < -0.3 is 10.5 Å². The van der Waals surface area contributed by atoms with E-state index >= 15 is 0 Å². The maximum Gasteiger partial charge on any atom is 0.216 e. The highest BCUT2D eigenvalue weighted by Gasteiger charge is 2.16. The van der Waals surface area contributed by atoms with Gasteiger partial charge >= 0.3 is 0 Å². The lowest BCUT2D eigenvalue weighted by molar-refractivity contribution is 0.231. The molecule has 4 heteroatoms. The zero-order valence-electron chi connectivity index (χ0n) is 10.5. The summed E-state index contributed by atoms with van der Waals surface area (Å²) in [6.45, 7) is 8.06. The molecule has 0 amide bonds. The maximum absolute atomic E-state index is 5.93. The standard InChI is InChI=1S/C12H21N3O/c1-5-10(9(4)13)11-6-12(15-7-14-11)16-8(2)3/h6-10H,5,13H2,1-4H3. The first kappa shape index (κ1) is 12.9. The third kappa shape index (κ3) is 3.45. The number of nitrogens with zero attached hydrogens (tertiary/aromatic N) is 2. The number of hydrogen-bond acceptors (Lipinski definition) is 4. The van der Waals surface area contributed by atoms with Crippen molar-refractivity contribution in [3.8, 4) is 5.88 Å². The molecule has 0 bridgehead atoms. The van der Waals surface area contributed by atoms with Crippen molar-refractivity contribution in [1.82, 2.24) is 9.97 Å². The van der Waals surface area contributed by atoms with E-state index in [2.05, 4.69) is 16.9 Å². The van der Waals surface area contributed by atoms with E-state index in [1.54, 1.807) is 0 Å². The fourth-order valence-corrected chi connectivity index (χ4v) is 1.71. The minimum absolute atomic E-state index is 0.0896. The molecule has 0 saturated carbocycles. The molecule has 2 N–H and O–H groups in total. The molecule has 0 fully saturated rings. The molecular weight excluding hydrogens is 202 g/mol. The van der Waals surface area contributed by atoms with Crippen molar-refractivity contribution in [2.24, 2.45) is 5.73 Å². The van der Waals surface area contributed by atoms with Crippen molar-refractivity contribution in [1.29, 1.82) is 0 Å². The zero-order chi connectivity index (χ0) is 12.1. The highest BCUT2D eigenvalue weighted by atomic mass is 16.5. The second kappa shape index (κ2) is 5.80. The summed E-state index contributed by atoms with van der Waals surface area (Å²) in [5.41, 5.74) is 6.89. The minimum atomic E-state index is 0.0896. The molecule has 2 atom stereocenters. The summed E-state index contributed by atoms with van der Waals surface area (Å²) in [4.78, 5) is 8.35. The third-order valence-electron chi connectivity index (χ3n) is 2.47. The van der Waals surface area contributed by atoms with E-state index in [0.717, 1.165) is 12.1 Å². The van der Waals surface area contributed by atoms with Crippen molar-refractivity contribution in [2.45, 2.75) is 52.2 Å². The quantitative estimate of drug-likeness (QED) is 0.830. The molecule has 0 aliphatic carbocycles. The Kier molecular flexibility index (Phi) is 4.68. The molecule has 4 nitrogen and oxygen atoms in total.